The number of benzene rings is 1. The Morgan fingerprint density at radius 1 is 0.667 bits per heavy atom. The lowest BCUT2D eigenvalue weighted by Crippen LogP contribution is -2.07. The molecule has 0 aliphatic heterocycles. The summed E-state index contributed by atoms with van der Waals surface area (Å²) in [5, 5.41) is 3.46. The summed E-state index contributed by atoms with van der Waals surface area (Å²) in [6.07, 6.45) is 1.75. The maximum atomic E-state index is 13.0. The molecule has 0 amide bonds. The van der Waals surface area contributed by atoms with Crippen LogP contribution in [0.1, 0.15) is 5.69 Å². The Labute approximate surface area is 220 Å². The van der Waals surface area contributed by atoms with Crippen molar-refractivity contribution in [3.8, 4) is 34.2 Å². The molecule has 7 aromatic heterocycles. The van der Waals surface area contributed by atoms with Crippen molar-refractivity contribution >= 4 is 44.0 Å². The second-order valence-electron chi connectivity index (χ2n) is 9.64. The number of hydrogen-bond donors (Lipinski definition) is 4. The van der Waals surface area contributed by atoms with Crippen LogP contribution in [0.25, 0.3) is 78.2 Å². The normalized spacial score (nSPS) is 11.8. The summed E-state index contributed by atoms with van der Waals surface area (Å²) in [4.78, 5) is 45.0. The van der Waals surface area contributed by atoms with Gasteiger partial charge in [0, 0.05) is 33.6 Å². The van der Waals surface area contributed by atoms with Gasteiger partial charge < -0.3 is 19.9 Å². The zero-order valence-corrected chi connectivity index (χ0v) is 20.7. The molecular formula is C30H20N8O. The number of aromatic amines is 4. The Balaban J connectivity index is 1.37. The molecule has 9 nitrogen and oxygen atoms in total. The largest absolute Gasteiger partial charge is 0.338 e. The van der Waals surface area contributed by atoms with E-state index >= 15 is 0 Å². The van der Waals surface area contributed by atoms with Gasteiger partial charge in [0.2, 0.25) is 0 Å². The van der Waals surface area contributed by atoms with Crippen LogP contribution < -0.4 is 5.56 Å². The minimum Gasteiger partial charge on any atom is -0.338 e. The minimum atomic E-state index is -0.154. The molecule has 0 radical (unpaired) electrons. The van der Waals surface area contributed by atoms with Gasteiger partial charge in [-0.15, -0.1) is 0 Å². The Hall–Kier alpha value is -5.57. The molecule has 0 unspecified atom stereocenters. The lowest BCUT2D eigenvalue weighted by atomic mass is 10.0. The highest BCUT2D eigenvalue weighted by Gasteiger charge is 2.19. The van der Waals surface area contributed by atoms with Crippen molar-refractivity contribution < 1.29 is 0 Å². The highest BCUT2D eigenvalue weighted by molar-refractivity contribution is 5.94. The van der Waals surface area contributed by atoms with Crippen molar-refractivity contribution in [3.05, 3.63) is 95.0 Å². The first-order valence-corrected chi connectivity index (χ1v) is 12.5. The van der Waals surface area contributed by atoms with Crippen LogP contribution in [0.15, 0.2) is 83.8 Å². The molecule has 4 N–H and O–H groups in total. The lowest BCUT2D eigenvalue weighted by molar-refractivity contribution is 1.21. The third kappa shape index (κ3) is 3.44. The van der Waals surface area contributed by atoms with Crippen LogP contribution in [0.5, 0.6) is 0 Å². The number of imidazole rings is 1. The maximum Gasteiger partial charge on any atom is 0.256 e. The molecular weight excluding hydrogens is 488 g/mol. The van der Waals surface area contributed by atoms with E-state index in [0.717, 1.165) is 55.6 Å². The standard InChI is InChI=1S/C30H20N8O/c1-15-8-9-18-13-23(34-27(18)32-15)28-35-24-14-20(21-11-16-5-2-3-7-19(16)30(39)36-21)25(37-29(24)38-28)22-12-17-6-4-10-31-26(17)33-22/h2-14H,1H3,(H,31,33)(H,32,34)(H,36,39)(H,35,37,38). The predicted octanol–water partition coefficient (Wildman–Crippen LogP) is 5.86. The number of pyridine rings is 4. The fourth-order valence-corrected chi connectivity index (χ4v) is 5.15. The van der Waals surface area contributed by atoms with E-state index in [1.807, 2.05) is 79.7 Å². The predicted molar refractivity (Wildman–Crippen MR) is 152 cm³/mol. The zero-order chi connectivity index (χ0) is 26.1. The van der Waals surface area contributed by atoms with Crippen LogP contribution in [-0.2, 0) is 0 Å². The Morgan fingerprint density at radius 3 is 2.38 bits per heavy atom. The molecule has 0 aliphatic carbocycles. The molecule has 0 spiro atoms. The highest BCUT2D eigenvalue weighted by atomic mass is 16.1. The Kier molecular flexibility index (Phi) is 4.39. The van der Waals surface area contributed by atoms with E-state index < -0.39 is 0 Å². The molecule has 0 fully saturated rings. The first-order chi connectivity index (χ1) is 19.1. The second kappa shape index (κ2) is 7.96. The molecule has 8 rings (SSSR count). The molecule has 8 aromatic rings. The first kappa shape index (κ1) is 21.5. The summed E-state index contributed by atoms with van der Waals surface area (Å²) in [7, 11) is 0. The summed E-state index contributed by atoms with van der Waals surface area (Å²) < 4.78 is 0. The molecule has 0 aliphatic rings. The van der Waals surface area contributed by atoms with Crippen LogP contribution >= 0.6 is 0 Å². The van der Waals surface area contributed by atoms with Crippen molar-refractivity contribution in [2.24, 2.45) is 0 Å². The SMILES string of the molecule is Cc1ccc2cc(-c3nc4nc(-c5cc6cccnc6[nH]5)c(-c5cc6ccccc6c(=O)[nH]5)cc4[nH]3)[nH]c2n1. The third-order valence-corrected chi connectivity index (χ3v) is 7.04. The van der Waals surface area contributed by atoms with Gasteiger partial charge in [-0.2, -0.15) is 0 Å². The average molecular weight is 509 g/mol. The van der Waals surface area contributed by atoms with Crippen molar-refractivity contribution in [1.29, 1.82) is 0 Å². The molecule has 7 heterocycles. The molecule has 186 valence electrons. The molecule has 39 heavy (non-hydrogen) atoms. The van der Waals surface area contributed by atoms with E-state index in [0.29, 0.717) is 28.2 Å². The number of nitrogens with one attached hydrogen (secondary N) is 4. The van der Waals surface area contributed by atoms with Gasteiger partial charge >= 0.3 is 0 Å². The summed E-state index contributed by atoms with van der Waals surface area (Å²) in [5.41, 5.74) is 7.34. The topological polar surface area (TPSA) is 132 Å². The molecule has 0 atom stereocenters. The second-order valence-corrected chi connectivity index (χ2v) is 9.64. The van der Waals surface area contributed by atoms with Crippen LogP contribution in [0.2, 0.25) is 0 Å². The monoisotopic (exact) mass is 508 g/mol. The van der Waals surface area contributed by atoms with Gasteiger partial charge in [0.25, 0.3) is 5.56 Å². The van der Waals surface area contributed by atoms with Crippen molar-refractivity contribution in [1.82, 2.24) is 39.9 Å². The van der Waals surface area contributed by atoms with Crippen LogP contribution in [0.3, 0.4) is 0 Å². The van der Waals surface area contributed by atoms with Gasteiger partial charge in [0.1, 0.15) is 11.3 Å². The highest BCUT2D eigenvalue weighted by Crippen LogP contribution is 2.34. The van der Waals surface area contributed by atoms with Crippen LogP contribution in [0.4, 0.5) is 0 Å². The lowest BCUT2D eigenvalue weighted by Gasteiger charge is -2.09. The molecule has 0 saturated carbocycles. The molecule has 0 bridgehead atoms. The van der Waals surface area contributed by atoms with Crippen molar-refractivity contribution in [2.75, 3.05) is 0 Å². The maximum absolute atomic E-state index is 13.0. The fraction of sp³-hybridized carbons (Fsp3) is 0.0333. The Bertz CT molecular complexity index is 2250. The number of nitrogens with zero attached hydrogens (tertiary/aromatic N) is 4. The third-order valence-electron chi connectivity index (χ3n) is 7.04. The van der Waals surface area contributed by atoms with E-state index in [1.54, 1.807) is 6.20 Å². The van der Waals surface area contributed by atoms with E-state index in [-0.39, 0.29) is 5.56 Å². The Morgan fingerprint density at radius 2 is 1.46 bits per heavy atom. The van der Waals surface area contributed by atoms with Gasteiger partial charge in [-0.05, 0) is 66.9 Å². The number of hydrogen-bond acceptors (Lipinski definition) is 5. The fourth-order valence-electron chi connectivity index (χ4n) is 5.15. The number of aromatic nitrogens is 8. The molecule has 1 aromatic carbocycles. The van der Waals surface area contributed by atoms with Crippen LogP contribution in [0, 0.1) is 6.92 Å². The van der Waals surface area contributed by atoms with Gasteiger partial charge in [-0.1, -0.05) is 18.2 Å². The van der Waals surface area contributed by atoms with Gasteiger partial charge in [0.05, 0.1) is 28.3 Å². The number of fused-ring (bicyclic) bond motifs is 4. The molecule has 0 saturated heterocycles. The quantitative estimate of drug-likeness (QED) is 0.237. The summed E-state index contributed by atoms with van der Waals surface area (Å²) in [5.74, 6) is 0.654. The summed E-state index contributed by atoms with van der Waals surface area (Å²) in [6.45, 7) is 1.96. The smallest absolute Gasteiger partial charge is 0.256 e. The van der Waals surface area contributed by atoms with E-state index in [1.165, 1.54) is 0 Å². The average Bonchev–Trinajstić information content (AvgIpc) is 3.67. The van der Waals surface area contributed by atoms with Gasteiger partial charge in [-0.3, -0.25) is 4.79 Å². The van der Waals surface area contributed by atoms with E-state index in [9.17, 15) is 4.79 Å². The van der Waals surface area contributed by atoms with Crippen molar-refractivity contribution in [3.63, 3.8) is 0 Å². The number of H-pyrrole nitrogens is 4. The molecule has 9 heteroatoms. The van der Waals surface area contributed by atoms with Gasteiger partial charge in [0.15, 0.2) is 11.5 Å². The first-order valence-electron chi connectivity index (χ1n) is 12.5. The summed E-state index contributed by atoms with van der Waals surface area (Å²) >= 11 is 0. The summed E-state index contributed by atoms with van der Waals surface area (Å²) in [6, 6.07) is 23.5. The van der Waals surface area contributed by atoms with Crippen LogP contribution in [-0.4, -0.2) is 39.9 Å². The van der Waals surface area contributed by atoms with Crippen molar-refractivity contribution in [2.45, 2.75) is 6.92 Å². The van der Waals surface area contributed by atoms with E-state index in [2.05, 4.69) is 29.9 Å². The van der Waals surface area contributed by atoms with E-state index in [4.69, 9.17) is 9.97 Å². The van der Waals surface area contributed by atoms with Gasteiger partial charge in [-0.25, -0.2) is 19.9 Å². The number of aryl methyl sites for hydroxylation is 1. The zero-order valence-electron chi connectivity index (χ0n) is 20.7. The number of rotatable bonds is 3. The minimum absolute atomic E-state index is 0.154.